The van der Waals surface area contributed by atoms with E-state index in [-0.39, 0.29) is 5.41 Å². The van der Waals surface area contributed by atoms with E-state index >= 15 is 0 Å². The topological polar surface area (TPSA) is 20.1 Å². The van der Waals surface area contributed by atoms with Crippen LogP contribution in [0.25, 0.3) is 15.7 Å². The first kappa shape index (κ1) is 11.7. The van der Waals surface area contributed by atoms with Crippen LogP contribution in [0.1, 0.15) is 37.6 Å². The van der Waals surface area contributed by atoms with Crippen molar-refractivity contribution in [1.29, 1.82) is 0 Å². The fourth-order valence-corrected chi connectivity index (χ4v) is 2.10. The van der Waals surface area contributed by atoms with Gasteiger partial charge >= 0.3 is 0 Å². The Morgan fingerprint density at radius 3 is 2.24 bits per heavy atom. The largest absolute Gasteiger partial charge is 0.369 e. The molecule has 0 saturated carbocycles. The maximum Gasteiger partial charge on any atom is 0.215 e. The number of H-pyrrole nitrogens is 1. The number of hydrogen-bond acceptors (Lipinski definition) is 0. The van der Waals surface area contributed by atoms with Crippen LogP contribution in [0.15, 0.2) is 12.1 Å². The zero-order valence-corrected chi connectivity index (χ0v) is 11.1. The van der Waals surface area contributed by atoms with E-state index in [0.29, 0.717) is 0 Å². The Labute approximate surface area is 102 Å². The molecule has 0 spiro atoms. The fraction of sp³-hybridized carbons (Fsp3) is 0.400. The van der Waals surface area contributed by atoms with E-state index in [4.69, 9.17) is 6.57 Å². The van der Waals surface area contributed by atoms with E-state index in [9.17, 15) is 0 Å². The highest BCUT2D eigenvalue weighted by Crippen LogP contribution is 2.38. The van der Waals surface area contributed by atoms with Crippen LogP contribution >= 0.6 is 0 Å². The number of benzene rings is 1. The molecule has 0 aliphatic rings. The molecule has 0 atom stereocenters. The van der Waals surface area contributed by atoms with Gasteiger partial charge in [0.05, 0.1) is 6.57 Å². The van der Waals surface area contributed by atoms with Gasteiger partial charge in [-0.1, -0.05) is 26.8 Å². The van der Waals surface area contributed by atoms with Gasteiger partial charge in [0.2, 0.25) is 5.69 Å². The minimum Gasteiger partial charge on any atom is -0.369 e. The summed E-state index contributed by atoms with van der Waals surface area (Å²) in [4.78, 5) is 7.12. The number of aryl methyl sites for hydroxylation is 2. The van der Waals surface area contributed by atoms with E-state index in [2.05, 4.69) is 56.6 Å². The van der Waals surface area contributed by atoms with Crippen molar-refractivity contribution >= 4 is 16.6 Å². The van der Waals surface area contributed by atoms with Crippen LogP contribution in [-0.2, 0) is 5.41 Å². The number of aromatic amines is 1. The smallest absolute Gasteiger partial charge is 0.215 e. The first-order valence-corrected chi connectivity index (χ1v) is 5.85. The van der Waals surface area contributed by atoms with Crippen LogP contribution in [0.4, 0.5) is 5.69 Å². The highest BCUT2D eigenvalue weighted by atomic mass is 14.8. The quantitative estimate of drug-likeness (QED) is 0.632. The molecule has 0 aliphatic heterocycles. The second-order valence-corrected chi connectivity index (χ2v) is 5.69. The zero-order chi connectivity index (χ0) is 12.8. The summed E-state index contributed by atoms with van der Waals surface area (Å²) in [7, 11) is 0. The van der Waals surface area contributed by atoms with Gasteiger partial charge < -0.3 is 4.98 Å². The first-order chi connectivity index (χ1) is 7.84. The second kappa shape index (κ2) is 3.63. The highest BCUT2D eigenvalue weighted by Gasteiger charge is 2.22. The van der Waals surface area contributed by atoms with Gasteiger partial charge in [0.1, 0.15) is 0 Å². The summed E-state index contributed by atoms with van der Waals surface area (Å²) in [6.07, 6.45) is 0. The van der Waals surface area contributed by atoms with Gasteiger partial charge in [-0.05, 0) is 36.5 Å². The molecule has 0 fully saturated rings. The molecule has 2 rings (SSSR count). The minimum absolute atomic E-state index is 0.0271. The average molecular weight is 226 g/mol. The van der Waals surface area contributed by atoms with Crippen LogP contribution in [-0.4, -0.2) is 4.98 Å². The highest BCUT2D eigenvalue weighted by molar-refractivity contribution is 5.96. The third-order valence-electron chi connectivity index (χ3n) is 3.25. The molecule has 0 bridgehead atoms. The summed E-state index contributed by atoms with van der Waals surface area (Å²) < 4.78 is 0. The van der Waals surface area contributed by atoms with E-state index < -0.39 is 0 Å². The lowest BCUT2D eigenvalue weighted by molar-refractivity contribution is 0.577. The Balaban J connectivity index is 2.87. The average Bonchev–Trinajstić information content (AvgIpc) is 2.56. The number of nitrogens with zero attached hydrogens (tertiary/aromatic N) is 1. The number of hydrogen-bond donors (Lipinski definition) is 1. The molecule has 2 aromatic rings. The van der Waals surface area contributed by atoms with Gasteiger partial charge in [0.25, 0.3) is 0 Å². The van der Waals surface area contributed by atoms with Crippen LogP contribution in [0.2, 0.25) is 0 Å². The summed E-state index contributed by atoms with van der Waals surface area (Å²) in [5, 5.41) is 1.05. The molecule has 1 N–H and O–H groups in total. The molecule has 1 aromatic heterocycles. The van der Waals surface area contributed by atoms with Gasteiger partial charge in [-0.3, -0.25) is 0 Å². The van der Waals surface area contributed by atoms with Crippen LogP contribution < -0.4 is 0 Å². The molecule has 17 heavy (non-hydrogen) atoms. The van der Waals surface area contributed by atoms with E-state index in [1.165, 1.54) is 11.1 Å². The van der Waals surface area contributed by atoms with Crippen molar-refractivity contribution in [3.05, 3.63) is 40.4 Å². The van der Waals surface area contributed by atoms with Crippen LogP contribution in [0.3, 0.4) is 0 Å². The third-order valence-corrected chi connectivity index (χ3v) is 3.25. The molecule has 88 valence electrons. The Hall–Kier alpha value is -1.75. The lowest BCUT2D eigenvalue weighted by Gasteiger charge is -2.17. The number of aromatic nitrogens is 1. The summed E-state index contributed by atoms with van der Waals surface area (Å²) in [6, 6.07) is 4.25. The maximum atomic E-state index is 7.39. The van der Waals surface area contributed by atoms with E-state index in [0.717, 1.165) is 22.3 Å². The normalized spacial score (nSPS) is 11.8. The molecule has 0 aliphatic carbocycles. The zero-order valence-electron chi connectivity index (χ0n) is 11.1. The van der Waals surface area contributed by atoms with Gasteiger partial charge in [-0.15, -0.1) is 0 Å². The van der Waals surface area contributed by atoms with Crippen molar-refractivity contribution in [2.24, 2.45) is 0 Å². The monoisotopic (exact) mass is 226 g/mol. The SMILES string of the molecule is [C-]#[N+]c1c(C(C)(C)C)[nH]c2cc(C)c(C)cc12. The predicted molar refractivity (Wildman–Crippen MR) is 72.7 cm³/mol. The van der Waals surface area contributed by atoms with Crippen molar-refractivity contribution in [2.75, 3.05) is 0 Å². The summed E-state index contributed by atoms with van der Waals surface area (Å²) in [6.45, 7) is 18.0. The maximum absolute atomic E-state index is 7.39. The Morgan fingerprint density at radius 2 is 1.71 bits per heavy atom. The first-order valence-electron chi connectivity index (χ1n) is 5.85. The molecule has 2 heteroatoms. The lowest BCUT2D eigenvalue weighted by atomic mass is 9.91. The standard InChI is InChI=1S/C15H18N2/c1-9-7-11-12(8-10(9)2)17-14(13(11)16-6)15(3,4)5/h7-8,17H,1-5H3. The number of rotatable bonds is 0. The number of fused-ring (bicyclic) bond motifs is 1. The fourth-order valence-electron chi connectivity index (χ4n) is 2.10. The predicted octanol–water partition coefficient (Wildman–Crippen LogP) is 4.63. The molecule has 0 amide bonds. The minimum atomic E-state index is -0.0271. The Bertz CT molecular complexity index is 619. The molecule has 0 radical (unpaired) electrons. The van der Waals surface area contributed by atoms with Crippen molar-refractivity contribution in [3.8, 4) is 0 Å². The number of nitrogens with one attached hydrogen (secondary N) is 1. The van der Waals surface area contributed by atoms with Crippen LogP contribution in [0, 0.1) is 20.4 Å². The van der Waals surface area contributed by atoms with Crippen molar-refractivity contribution < 1.29 is 0 Å². The molecule has 0 saturated heterocycles. The molecule has 0 unspecified atom stereocenters. The third kappa shape index (κ3) is 1.82. The Morgan fingerprint density at radius 1 is 1.12 bits per heavy atom. The molecule has 2 nitrogen and oxygen atoms in total. The van der Waals surface area contributed by atoms with E-state index in [1.807, 2.05) is 0 Å². The molecular formula is C15H18N2. The van der Waals surface area contributed by atoms with Gasteiger partial charge in [0, 0.05) is 16.6 Å². The van der Waals surface area contributed by atoms with Gasteiger partial charge in [0.15, 0.2) is 0 Å². The van der Waals surface area contributed by atoms with Gasteiger partial charge in [-0.25, -0.2) is 4.85 Å². The van der Waals surface area contributed by atoms with Crippen LogP contribution in [0.5, 0.6) is 0 Å². The summed E-state index contributed by atoms with van der Waals surface area (Å²) in [5.74, 6) is 0. The van der Waals surface area contributed by atoms with Gasteiger partial charge in [-0.2, -0.15) is 0 Å². The summed E-state index contributed by atoms with van der Waals surface area (Å²) >= 11 is 0. The molecule has 1 heterocycles. The Kier molecular flexibility index (Phi) is 2.50. The van der Waals surface area contributed by atoms with Crippen molar-refractivity contribution in [1.82, 2.24) is 4.98 Å². The second-order valence-electron chi connectivity index (χ2n) is 5.69. The molecule has 1 aromatic carbocycles. The van der Waals surface area contributed by atoms with Crippen molar-refractivity contribution in [3.63, 3.8) is 0 Å². The van der Waals surface area contributed by atoms with E-state index in [1.54, 1.807) is 0 Å². The molecular weight excluding hydrogens is 208 g/mol. The summed E-state index contributed by atoms with van der Waals surface area (Å²) in [5.41, 5.74) is 5.35. The lowest BCUT2D eigenvalue weighted by Crippen LogP contribution is -2.11. The van der Waals surface area contributed by atoms with Crippen molar-refractivity contribution in [2.45, 2.75) is 40.0 Å².